The number of nitrogens with one attached hydrogen (secondary N) is 2. The van der Waals surface area contributed by atoms with Gasteiger partial charge in [0.25, 0.3) is 0 Å². The lowest BCUT2D eigenvalue weighted by molar-refractivity contribution is -0.155. The quantitative estimate of drug-likeness (QED) is 0.617. The number of aliphatic carboxylic acids is 1. The molecule has 2 atom stereocenters. The monoisotopic (exact) mass is 294 g/mol. The maximum Gasteiger partial charge on any atom is 0.337 e. The van der Waals surface area contributed by atoms with Gasteiger partial charge in [0.15, 0.2) is 5.60 Å². The number of carbonyl (C=O) groups excluding carboxylic acids is 1. The summed E-state index contributed by atoms with van der Waals surface area (Å²) < 4.78 is 5.65. The zero-order valence-electron chi connectivity index (χ0n) is 11.6. The molecule has 2 rings (SSSR count). The summed E-state index contributed by atoms with van der Waals surface area (Å²) in [6.45, 7) is 1.04. The molecule has 0 fully saturated rings. The fraction of sp³-hybridized carbons (Fsp3) is 0.429. The Bertz CT molecular complexity index is 519. The van der Waals surface area contributed by atoms with Crippen molar-refractivity contribution < 1.29 is 24.5 Å². The van der Waals surface area contributed by atoms with Crippen LogP contribution in [0.5, 0.6) is 5.75 Å². The van der Waals surface area contributed by atoms with E-state index in [1.807, 2.05) is 24.3 Å². The summed E-state index contributed by atoms with van der Waals surface area (Å²) in [4.78, 5) is 22.2. The number of carboxylic acids is 1. The number of urea groups is 1. The summed E-state index contributed by atoms with van der Waals surface area (Å²) in [5.41, 5.74) is -0.893. The number of benzene rings is 1. The summed E-state index contributed by atoms with van der Waals surface area (Å²) in [5, 5.41) is 23.1. The van der Waals surface area contributed by atoms with Gasteiger partial charge in [-0.05, 0) is 18.6 Å². The topological polar surface area (TPSA) is 108 Å². The van der Waals surface area contributed by atoms with Crippen LogP contribution in [0.1, 0.15) is 12.5 Å². The van der Waals surface area contributed by atoms with Gasteiger partial charge in [-0.25, -0.2) is 9.59 Å². The van der Waals surface area contributed by atoms with Crippen molar-refractivity contribution in [3.63, 3.8) is 0 Å². The molecule has 114 valence electrons. The number of para-hydroxylation sites is 1. The van der Waals surface area contributed by atoms with Crippen LogP contribution in [0.3, 0.4) is 0 Å². The molecule has 1 aliphatic rings. The summed E-state index contributed by atoms with van der Waals surface area (Å²) >= 11 is 0. The van der Waals surface area contributed by atoms with Gasteiger partial charge in [-0.2, -0.15) is 0 Å². The molecule has 0 saturated carbocycles. The molecular formula is C14H18N2O5. The summed E-state index contributed by atoms with van der Waals surface area (Å²) in [6, 6.07) is 7.11. The van der Waals surface area contributed by atoms with Crippen molar-refractivity contribution in [2.24, 2.45) is 0 Å². The Hall–Kier alpha value is -2.28. The normalized spacial score (nSPS) is 19.0. The van der Waals surface area contributed by atoms with E-state index in [-0.39, 0.29) is 12.6 Å². The van der Waals surface area contributed by atoms with Crippen molar-refractivity contribution in [3.8, 4) is 5.75 Å². The van der Waals surface area contributed by atoms with Gasteiger partial charge in [0, 0.05) is 6.42 Å². The van der Waals surface area contributed by atoms with Crippen LogP contribution in [0.2, 0.25) is 0 Å². The molecule has 0 bridgehead atoms. The lowest BCUT2D eigenvalue weighted by Gasteiger charge is -2.19. The molecule has 4 N–H and O–H groups in total. The fourth-order valence-electron chi connectivity index (χ4n) is 1.96. The van der Waals surface area contributed by atoms with Crippen LogP contribution in [0.4, 0.5) is 4.79 Å². The zero-order valence-corrected chi connectivity index (χ0v) is 11.6. The predicted octanol–water partition coefficient (Wildman–Crippen LogP) is 0.125. The number of carbonyl (C=O) groups is 2. The standard InChI is InChI=1S/C14H18N2O5/c1-14(20,12(17)18)8-16-13(19)15-7-10-6-9-4-2-3-5-11(9)21-10/h2-5,10,20H,6-8H2,1H3,(H,17,18)(H2,15,16,19). The molecule has 1 aromatic carbocycles. The highest BCUT2D eigenvalue weighted by molar-refractivity contribution is 5.79. The number of hydrogen-bond acceptors (Lipinski definition) is 4. The van der Waals surface area contributed by atoms with E-state index in [4.69, 9.17) is 9.84 Å². The summed E-state index contributed by atoms with van der Waals surface area (Å²) in [5.74, 6) is -0.573. The van der Waals surface area contributed by atoms with Crippen molar-refractivity contribution in [2.75, 3.05) is 13.1 Å². The van der Waals surface area contributed by atoms with Gasteiger partial charge in [-0.1, -0.05) is 18.2 Å². The molecule has 0 aromatic heterocycles. The Kier molecular flexibility index (Phi) is 4.32. The van der Waals surface area contributed by atoms with Crippen molar-refractivity contribution in [1.82, 2.24) is 10.6 Å². The molecule has 2 amide bonds. The van der Waals surface area contributed by atoms with E-state index in [0.29, 0.717) is 13.0 Å². The van der Waals surface area contributed by atoms with Gasteiger partial charge >= 0.3 is 12.0 Å². The molecule has 0 aliphatic carbocycles. The highest BCUT2D eigenvalue weighted by Gasteiger charge is 2.30. The largest absolute Gasteiger partial charge is 0.488 e. The van der Waals surface area contributed by atoms with E-state index in [9.17, 15) is 14.7 Å². The SMILES string of the molecule is CC(O)(CNC(=O)NCC1Cc2ccccc2O1)C(=O)O. The third-order valence-electron chi connectivity index (χ3n) is 3.26. The van der Waals surface area contributed by atoms with Gasteiger partial charge < -0.3 is 25.6 Å². The summed E-state index contributed by atoms with van der Waals surface area (Å²) in [6.07, 6.45) is 0.566. The number of hydrogen-bond donors (Lipinski definition) is 4. The van der Waals surface area contributed by atoms with E-state index in [1.165, 1.54) is 0 Å². The molecule has 1 aromatic rings. The average molecular weight is 294 g/mol. The Morgan fingerprint density at radius 1 is 1.38 bits per heavy atom. The first-order valence-corrected chi connectivity index (χ1v) is 6.60. The molecule has 7 nitrogen and oxygen atoms in total. The average Bonchev–Trinajstić information content (AvgIpc) is 2.85. The molecule has 7 heteroatoms. The Morgan fingerprint density at radius 2 is 2.10 bits per heavy atom. The third kappa shape index (κ3) is 3.85. The van der Waals surface area contributed by atoms with Crippen molar-refractivity contribution in [3.05, 3.63) is 29.8 Å². The maximum absolute atomic E-state index is 11.6. The number of aliphatic hydroxyl groups is 1. The molecule has 21 heavy (non-hydrogen) atoms. The van der Waals surface area contributed by atoms with Crippen LogP contribution >= 0.6 is 0 Å². The smallest absolute Gasteiger partial charge is 0.337 e. The van der Waals surface area contributed by atoms with Crippen LogP contribution in [0, 0.1) is 0 Å². The Balaban J connectivity index is 1.73. The lowest BCUT2D eigenvalue weighted by Crippen LogP contribution is -2.50. The van der Waals surface area contributed by atoms with E-state index >= 15 is 0 Å². The van der Waals surface area contributed by atoms with Gasteiger partial charge in [0.05, 0.1) is 13.1 Å². The van der Waals surface area contributed by atoms with Crippen LogP contribution in [0.15, 0.2) is 24.3 Å². The minimum atomic E-state index is -1.99. The van der Waals surface area contributed by atoms with E-state index in [1.54, 1.807) is 0 Å². The molecule has 0 radical (unpaired) electrons. The Morgan fingerprint density at radius 3 is 2.76 bits per heavy atom. The second-order valence-electron chi connectivity index (χ2n) is 5.19. The number of carboxylic acid groups (broad SMARTS) is 1. The predicted molar refractivity (Wildman–Crippen MR) is 74.2 cm³/mol. The maximum atomic E-state index is 11.6. The van der Waals surface area contributed by atoms with Gasteiger partial charge in [0.2, 0.25) is 0 Å². The summed E-state index contributed by atoms with van der Waals surface area (Å²) in [7, 11) is 0. The first-order valence-electron chi connectivity index (χ1n) is 6.60. The van der Waals surface area contributed by atoms with E-state index in [0.717, 1.165) is 18.2 Å². The second kappa shape index (κ2) is 6.01. The van der Waals surface area contributed by atoms with Crippen molar-refractivity contribution in [2.45, 2.75) is 25.0 Å². The zero-order chi connectivity index (χ0) is 15.5. The molecule has 0 spiro atoms. The molecule has 1 aliphatic heterocycles. The molecule has 0 saturated heterocycles. The van der Waals surface area contributed by atoms with E-state index in [2.05, 4.69) is 10.6 Å². The number of rotatable bonds is 5. The first kappa shape index (κ1) is 15.1. The lowest BCUT2D eigenvalue weighted by atomic mass is 10.1. The van der Waals surface area contributed by atoms with Crippen LogP contribution < -0.4 is 15.4 Å². The van der Waals surface area contributed by atoms with Crippen LogP contribution in [-0.4, -0.2) is 47.0 Å². The minimum Gasteiger partial charge on any atom is -0.488 e. The minimum absolute atomic E-state index is 0.145. The third-order valence-corrected chi connectivity index (χ3v) is 3.26. The fourth-order valence-corrected chi connectivity index (χ4v) is 1.96. The van der Waals surface area contributed by atoms with Gasteiger partial charge in [-0.15, -0.1) is 0 Å². The number of amides is 2. The second-order valence-corrected chi connectivity index (χ2v) is 5.19. The molecule has 2 unspecified atom stereocenters. The van der Waals surface area contributed by atoms with Crippen molar-refractivity contribution in [1.29, 1.82) is 0 Å². The van der Waals surface area contributed by atoms with E-state index < -0.39 is 17.6 Å². The molecular weight excluding hydrogens is 276 g/mol. The van der Waals surface area contributed by atoms with Crippen LogP contribution in [0.25, 0.3) is 0 Å². The highest BCUT2D eigenvalue weighted by Crippen LogP contribution is 2.27. The van der Waals surface area contributed by atoms with Crippen molar-refractivity contribution >= 4 is 12.0 Å². The van der Waals surface area contributed by atoms with Gasteiger partial charge in [-0.3, -0.25) is 0 Å². The number of fused-ring (bicyclic) bond motifs is 1. The van der Waals surface area contributed by atoms with Gasteiger partial charge in [0.1, 0.15) is 11.9 Å². The first-order chi connectivity index (χ1) is 9.88. The van der Waals surface area contributed by atoms with Crippen LogP contribution in [-0.2, 0) is 11.2 Å². The highest BCUT2D eigenvalue weighted by atomic mass is 16.5. The molecule has 1 heterocycles. The Labute approximate surface area is 121 Å². The number of ether oxygens (including phenoxy) is 1.